The largest absolute Gasteiger partial charge is 0.395 e. The Morgan fingerprint density at radius 2 is 1.10 bits per heavy atom. The number of hydrogen-bond donors (Lipinski definition) is 1. The van der Waals surface area contributed by atoms with Crippen molar-refractivity contribution in [3.8, 4) is 0 Å². The molecule has 0 aliphatic heterocycles. The smallest absolute Gasteiger partial charge is 0.0558 e. The van der Waals surface area contributed by atoms with Gasteiger partial charge in [0.15, 0.2) is 0 Å². The lowest BCUT2D eigenvalue weighted by atomic mass is 9.95. The van der Waals surface area contributed by atoms with E-state index in [1.165, 1.54) is 0 Å². The number of aliphatic hydroxyl groups excluding tert-OH is 1. The maximum absolute atomic E-state index is 9.21. The van der Waals surface area contributed by atoms with Crippen LogP contribution in [-0.4, -0.2) is 57.8 Å². The monoisotopic (exact) mass is 286 g/mol. The maximum atomic E-state index is 9.21. The fourth-order valence-corrected chi connectivity index (χ4v) is 3.00. The van der Waals surface area contributed by atoms with Crippen LogP contribution in [0.5, 0.6) is 0 Å². The SMILES string of the molecule is CC(C)(C)N(CCO)CCCN(C(C)(C)C)C(C)(C)C. The van der Waals surface area contributed by atoms with Gasteiger partial charge in [-0.3, -0.25) is 9.80 Å². The highest BCUT2D eigenvalue weighted by atomic mass is 16.3. The minimum absolute atomic E-state index is 0.122. The molecule has 0 saturated heterocycles. The van der Waals surface area contributed by atoms with Crippen molar-refractivity contribution in [2.24, 2.45) is 0 Å². The molecule has 0 radical (unpaired) electrons. The minimum Gasteiger partial charge on any atom is -0.395 e. The molecule has 0 unspecified atom stereocenters. The topological polar surface area (TPSA) is 26.7 Å². The summed E-state index contributed by atoms with van der Waals surface area (Å²) in [6.45, 7) is 23.5. The van der Waals surface area contributed by atoms with Crippen molar-refractivity contribution in [2.45, 2.75) is 85.4 Å². The van der Waals surface area contributed by atoms with Gasteiger partial charge in [-0.05, 0) is 75.3 Å². The Morgan fingerprint density at radius 3 is 1.40 bits per heavy atom. The summed E-state index contributed by atoms with van der Waals surface area (Å²) in [6, 6.07) is 0. The molecule has 0 aromatic heterocycles. The molecule has 122 valence electrons. The summed E-state index contributed by atoms with van der Waals surface area (Å²) < 4.78 is 0. The van der Waals surface area contributed by atoms with Crippen molar-refractivity contribution in [3.63, 3.8) is 0 Å². The third kappa shape index (κ3) is 7.05. The van der Waals surface area contributed by atoms with Gasteiger partial charge < -0.3 is 5.11 Å². The number of β-amino-alcohol motifs (C(OH)–C–C–N with tert-alkyl or cyclic N) is 1. The molecule has 0 amide bonds. The summed E-state index contributed by atoms with van der Waals surface area (Å²) in [6.07, 6.45) is 1.13. The van der Waals surface area contributed by atoms with E-state index in [2.05, 4.69) is 72.1 Å². The Balaban J connectivity index is 4.58. The molecular weight excluding hydrogens is 248 g/mol. The number of rotatable bonds is 6. The van der Waals surface area contributed by atoms with Gasteiger partial charge in [0, 0.05) is 29.7 Å². The average Bonchev–Trinajstić information content (AvgIpc) is 2.17. The molecule has 3 heteroatoms. The predicted octanol–water partition coefficient (Wildman–Crippen LogP) is 3.37. The minimum atomic E-state index is 0.122. The molecule has 0 bridgehead atoms. The molecule has 0 spiro atoms. The first kappa shape index (κ1) is 19.9. The molecule has 0 fully saturated rings. The van der Waals surface area contributed by atoms with E-state index in [1.807, 2.05) is 0 Å². The van der Waals surface area contributed by atoms with E-state index in [9.17, 15) is 5.11 Å². The zero-order valence-electron chi connectivity index (χ0n) is 15.4. The lowest BCUT2D eigenvalue weighted by molar-refractivity contribution is 0.0284. The van der Waals surface area contributed by atoms with Crippen LogP contribution in [-0.2, 0) is 0 Å². The summed E-state index contributed by atoms with van der Waals surface area (Å²) in [5.41, 5.74) is 0.487. The normalized spacial score (nSPS) is 14.4. The van der Waals surface area contributed by atoms with Crippen molar-refractivity contribution in [1.29, 1.82) is 0 Å². The van der Waals surface area contributed by atoms with Crippen molar-refractivity contribution >= 4 is 0 Å². The molecule has 1 N–H and O–H groups in total. The molecule has 0 atom stereocenters. The van der Waals surface area contributed by atoms with Gasteiger partial charge in [0.1, 0.15) is 0 Å². The van der Waals surface area contributed by atoms with Crippen molar-refractivity contribution < 1.29 is 5.11 Å². The second-order valence-corrected chi connectivity index (χ2v) is 8.73. The van der Waals surface area contributed by atoms with Crippen LogP contribution < -0.4 is 0 Å². The van der Waals surface area contributed by atoms with Crippen LogP contribution in [0, 0.1) is 0 Å². The van der Waals surface area contributed by atoms with E-state index in [0.29, 0.717) is 0 Å². The van der Waals surface area contributed by atoms with Crippen LogP contribution >= 0.6 is 0 Å². The molecule has 0 aromatic rings. The Labute approximate surface area is 127 Å². The van der Waals surface area contributed by atoms with E-state index < -0.39 is 0 Å². The van der Waals surface area contributed by atoms with Gasteiger partial charge in [-0.2, -0.15) is 0 Å². The quantitative estimate of drug-likeness (QED) is 0.811. The van der Waals surface area contributed by atoms with Gasteiger partial charge in [-0.1, -0.05) is 0 Å². The van der Waals surface area contributed by atoms with Crippen LogP contribution in [0.1, 0.15) is 68.7 Å². The zero-order valence-corrected chi connectivity index (χ0v) is 15.4. The zero-order chi connectivity index (χ0) is 16.2. The first-order chi connectivity index (χ1) is 8.80. The molecule has 0 heterocycles. The van der Waals surface area contributed by atoms with Crippen LogP contribution in [0.3, 0.4) is 0 Å². The Bertz CT molecular complexity index is 254. The fourth-order valence-electron chi connectivity index (χ4n) is 3.00. The Morgan fingerprint density at radius 1 is 0.650 bits per heavy atom. The molecule has 0 saturated carbocycles. The van der Waals surface area contributed by atoms with Crippen molar-refractivity contribution in [2.75, 3.05) is 26.2 Å². The van der Waals surface area contributed by atoms with Crippen LogP contribution in [0.2, 0.25) is 0 Å². The van der Waals surface area contributed by atoms with Crippen LogP contribution in [0.25, 0.3) is 0 Å². The second kappa shape index (κ2) is 7.24. The molecule has 20 heavy (non-hydrogen) atoms. The first-order valence-electron chi connectivity index (χ1n) is 7.94. The third-order valence-corrected chi connectivity index (χ3v) is 3.75. The lowest BCUT2D eigenvalue weighted by Gasteiger charge is -2.46. The van der Waals surface area contributed by atoms with Crippen molar-refractivity contribution in [3.05, 3.63) is 0 Å². The summed E-state index contributed by atoms with van der Waals surface area (Å²) in [4.78, 5) is 4.94. The molecule has 0 aromatic carbocycles. The summed E-state index contributed by atoms with van der Waals surface area (Å²) in [5.74, 6) is 0. The van der Waals surface area contributed by atoms with Gasteiger partial charge in [0.05, 0.1) is 6.61 Å². The van der Waals surface area contributed by atoms with Crippen molar-refractivity contribution in [1.82, 2.24) is 9.80 Å². The first-order valence-corrected chi connectivity index (χ1v) is 7.94. The van der Waals surface area contributed by atoms with Crippen LogP contribution in [0.4, 0.5) is 0 Å². The maximum Gasteiger partial charge on any atom is 0.0558 e. The molecular formula is C17H38N2O. The highest BCUT2D eigenvalue weighted by Gasteiger charge is 2.31. The van der Waals surface area contributed by atoms with E-state index in [4.69, 9.17) is 0 Å². The standard InChI is InChI=1S/C17H38N2O/c1-15(2,3)18(13-14-20)11-10-12-19(16(4,5)6)17(7,8)9/h20H,10-14H2,1-9H3. The van der Waals surface area contributed by atoms with Gasteiger partial charge in [-0.25, -0.2) is 0 Å². The summed E-state index contributed by atoms with van der Waals surface area (Å²) >= 11 is 0. The summed E-state index contributed by atoms with van der Waals surface area (Å²) in [5, 5.41) is 9.21. The average molecular weight is 287 g/mol. The molecule has 0 aliphatic rings. The van der Waals surface area contributed by atoms with E-state index in [-0.39, 0.29) is 23.2 Å². The summed E-state index contributed by atoms with van der Waals surface area (Å²) in [7, 11) is 0. The lowest BCUT2D eigenvalue weighted by Crippen LogP contribution is -2.53. The highest BCUT2D eigenvalue weighted by Crippen LogP contribution is 2.25. The predicted molar refractivity (Wildman–Crippen MR) is 89.2 cm³/mol. The van der Waals surface area contributed by atoms with Gasteiger partial charge in [0.2, 0.25) is 0 Å². The van der Waals surface area contributed by atoms with Crippen LogP contribution in [0.15, 0.2) is 0 Å². The molecule has 0 aliphatic carbocycles. The molecule has 0 rings (SSSR count). The van der Waals surface area contributed by atoms with E-state index in [1.54, 1.807) is 0 Å². The Kier molecular flexibility index (Phi) is 7.19. The van der Waals surface area contributed by atoms with Gasteiger partial charge >= 0.3 is 0 Å². The van der Waals surface area contributed by atoms with Gasteiger partial charge in [0.25, 0.3) is 0 Å². The third-order valence-electron chi connectivity index (χ3n) is 3.75. The van der Waals surface area contributed by atoms with Gasteiger partial charge in [-0.15, -0.1) is 0 Å². The Hall–Kier alpha value is -0.120. The number of hydrogen-bond acceptors (Lipinski definition) is 3. The van der Waals surface area contributed by atoms with E-state index in [0.717, 1.165) is 26.1 Å². The fraction of sp³-hybridized carbons (Fsp3) is 1.00. The van der Waals surface area contributed by atoms with E-state index >= 15 is 0 Å². The number of aliphatic hydroxyl groups is 1. The second-order valence-electron chi connectivity index (χ2n) is 8.73. The number of nitrogens with zero attached hydrogens (tertiary/aromatic N) is 2. The molecule has 3 nitrogen and oxygen atoms in total. The highest BCUT2D eigenvalue weighted by molar-refractivity contribution is 4.87.